The minimum atomic E-state index is -0.465. The van der Waals surface area contributed by atoms with Gasteiger partial charge in [0.2, 0.25) is 5.78 Å². The monoisotopic (exact) mass is 493 g/mol. The van der Waals surface area contributed by atoms with Gasteiger partial charge >= 0.3 is 0 Å². The molecule has 2 heterocycles. The number of fused-ring (bicyclic) bond motifs is 1. The van der Waals surface area contributed by atoms with Crippen molar-refractivity contribution in [1.29, 1.82) is 0 Å². The van der Waals surface area contributed by atoms with Gasteiger partial charge in [0.25, 0.3) is 5.91 Å². The normalized spacial score (nSPS) is 10.7. The zero-order chi connectivity index (χ0) is 22.8. The standard InChI is InChI=1S/C24H20BrN3O4/c1-31-16-10-11-19(32-2)17(13-16)27-24(30)20-18-5-3-4-12-28(18)22(21(20)26)23(29)14-6-8-15(25)9-7-14/h3-13H,26H2,1-2H3,(H,27,30). The Morgan fingerprint density at radius 1 is 1.00 bits per heavy atom. The summed E-state index contributed by atoms with van der Waals surface area (Å²) in [6, 6.07) is 17.3. The first-order valence-electron chi connectivity index (χ1n) is 9.66. The molecule has 7 nitrogen and oxygen atoms in total. The van der Waals surface area contributed by atoms with Crippen molar-refractivity contribution in [3.8, 4) is 11.5 Å². The van der Waals surface area contributed by atoms with Crippen molar-refractivity contribution in [3.63, 3.8) is 0 Å². The Kier molecular flexibility index (Phi) is 5.87. The highest BCUT2D eigenvalue weighted by molar-refractivity contribution is 9.10. The van der Waals surface area contributed by atoms with Gasteiger partial charge in [0.15, 0.2) is 0 Å². The maximum atomic E-state index is 13.3. The van der Waals surface area contributed by atoms with Crippen molar-refractivity contribution < 1.29 is 19.1 Å². The molecule has 8 heteroatoms. The number of hydrogen-bond acceptors (Lipinski definition) is 5. The Hall–Kier alpha value is -3.78. The highest BCUT2D eigenvalue weighted by Crippen LogP contribution is 2.33. The number of amides is 1. The molecule has 0 saturated carbocycles. The molecule has 0 saturated heterocycles. The summed E-state index contributed by atoms with van der Waals surface area (Å²) in [4.78, 5) is 26.6. The fourth-order valence-electron chi connectivity index (χ4n) is 3.53. The first-order chi connectivity index (χ1) is 15.4. The van der Waals surface area contributed by atoms with Gasteiger partial charge in [0.1, 0.15) is 17.2 Å². The molecule has 0 unspecified atom stereocenters. The number of anilines is 2. The number of halogens is 1. The van der Waals surface area contributed by atoms with Crippen molar-refractivity contribution in [2.24, 2.45) is 0 Å². The third-order valence-corrected chi connectivity index (χ3v) is 5.61. The van der Waals surface area contributed by atoms with E-state index >= 15 is 0 Å². The van der Waals surface area contributed by atoms with E-state index in [4.69, 9.17) is 15.2 Å². The summed E-state index contributed by atoms with van der Waals surface area (Å²) in [6.45, 7) is 0. The number of pyridine rings is 1. The number of nitrogens with zero attached hydrogens (tertiary/aromatic N) is 1. The lowest BCUT2D eigenvalue weighted by molar-refractivity contribution is 0.102. The van der Waals surface area contributed by atoms with Gasteiger partial charge in [-0.15, -0.1) is 0 Å². The molecule has 4 rings (SSSR count). The molecular formula is C24H20BrN3O4. The molecule has 1 amide bonds. The van der Waals surface area contributed by atoms with Crippen molar-refractivity contribution in [1.82, 2.24) is 4.40 Å². The van der Waals surface area contributed by atoms with Gasteiger partial charge in [-0.3, -0.25) is 9.59 Å². The average Bonchev–Trinajstić information content (AvgIpc) is 3.10. The molecule has 0 fully saturated rings. The number of ketones is 1. The number of hydrogen-bond donors (Lipinski definition) is 2. The second-order valence-corrected chi connectivity index (χ2v) is 7.87. The van der Waals surface area contributed by atoms with Gasteiger partial charge in [-0.2, -0.15) is 0 Å². The summed E-state index contributed by atoms with van der Waals surface area (Å²) >= 11 is 3.37. The van der Waals surface area contributed by atoms with E-state index in [1.165, 1.54) is 14.2 Å². The molecular weight excluding hydrogens is 474 g/mol. The summed E-state index contributed by atoms with van der Waals surface area (Å²) in [5, 5.41) is 2.83. The van der Waals surface area contributed by atoms with Crippen LogP contribution in [0.1, 0.15) is 26.4 Å². The average molecular weight is 494 g/mol. The summed E-state index contributed by atoms with van der Waals surface area (Å²) < 4.78 is 13.1. The molecule has 0 bridgehead atoms. The fraction of sp³-hybridized carbons (Fsp3) is 0.0833. The van der Waals surface area contributed by atoms with E-state index in [2.05, 4.69) is 21.2 Å². The summed E-state index contributed by atoms with van der Waals surface area (Å²) in [7, 11) is 3.04. The van der Waals surface area contributed by atoms with Gasteiger partial charge in [0, 0.05) is 22.3 Å². The van der Waals surface area contributed by atoms with Crippen molar-refractivity contribution in [2.45, 2.75) is 0 Å². The molecule has 0 aliphatic rings. The molecule has 0 aliphatic carbocycles. The van der Waals surface area contributed by atoms with Crippen LogP contribution in [0, 0.1) is 0 Å². The smallest absolute Gasteiger partial charge is 0.260 e. The quantitative estimate of drug-likeness (QED) is 0.376. The lowest BCUT2D eigenvalue weighted by Crippen LogP contribution is -2.15. The highest BCUT2D eigenvalue weighted by Gasteiger charge is 2.26. The number of aromatic nitrogens is 1. The molecule has 0 radical (unpaired) electrons. The van der Waals surface area contributed by atoms with Crippen LogP contribution in [-0.2, 0) is 0 Å². The van der Waals surface area contributed by atoms with Crippen LogP contribution in [0.2, 0.25) is 0 Å². The molecule has 0 atom stereocenters. The fourth-order valence-corrected chi connectivity index (χ4v) is 3.80. The van der Waals surface area contributed by atoms with Gasteiger partial charge in [0.05, 0.1) is 36.7 Å². The second-order valence-electron chi connectivity index (χ2n) is 6.95. The second kappa shape index (κ2) is 8.76. The van der Waals surface area contributed by atoms with E-state index in [-0.39, 0.29) is 22.7 Å². The number of methoxy groups -OCH3 is 2. The maximum Gasteiger partial charge on any atom is 0.260 e. The van der Waals surface area contributed by atoms with Crippen LogP contribution >= 0.6 is 15.9 Å². The lowest BCUT2D eigenvalue weighted by Gasteiger charge is -2.12. The number of benzene rings is 2. The first-order valence-corrected chi connectivity index (χ1v) is 10.5. The van der Waals surface area contributed by atoms with E-state index in [0.29, 0.717) is 28.3 Å². The third-order valence-electron chi connectivity index (χ3n) is 5.08. The van der Waals surface area contributed by atoms with Gasteiger partial charge in [-0.05, 0) is 48.5 Å². The summed E-state index contributed by atoms with van der Waals surface area (Å²) in [5.41, 5.74) is 8.33. The Morgan fingerprint density at radius 3 is 2.44 bits per heavy atom. The van der Waals surface area contributed by atoms with Crippen LogP contribution in [0.25, 0.3) is 5.52 Å². The van der Waals surface area contributed by atoms with Crippen LogP contribution in [0.5, 0.6) is 11.5 Å². The molecule has 2 aromatic heterocycles. The predicted molar refractivity (Wildman–Crippen MR) is 127 cm³/mol. The van der Waals surface area contributed by atoms with E-state index in [1.807, 2.05) is 0 Å². The zero-order valence-electron chi connectivity index (χ0n) is 17.4. The van der Waals surface area contributed by atoms with E-state index in [1.54, 1.807) is 71.3 Å². The van der Waals surface area contributed by atoms with Gasteiger partial charge in [-0.25, -0.2) is 0 Å². The first kappa shape index (κ1) is 21.5. The van der Waals surface area contributed by atoms with Gasteiger partial charge in [-0.1, -0.05) is 22.0 Å². The van der Waals surface area contributed by atoms with Crippen LogP contribution in [0.3, 0.4) is 0 Å². The van der Waals surface area contributed by atoms with Crippen LogP contribution < -0.4 is 20.5 Å². The summed E-state index contributed by atoms with van der Waals surface area (Å²) in [6.07, 6.45) is 1.71. The van der Waals surface area contributed by atoms with E-state index < -0.39 is 5.91 Å². The summed E-state index contributed by atoms with van der Waals surface area (Å²) in [5.74, 6) is 0.274. The Labute approximate surface area is 192 Å². The minimum Gasteiger partial charge on any atom is -0.497 e. The number of nitrogen functional groups attached to an aromatic ring is 1. The van der Waals surface area contributed by atoms with Crippen molar-refractivity contribution >= 4 is 44.5 Å². The number of rotatable bonds is 6. The number of carbonyl (C=O) groups is 2. The number of nitrogens with two attached hydrogens (primary N) is 1. The largest absolute Gasteiger partial charge is 0.497 e. The van der Waals surface area contributed by atoms with Crippen molar-refractivity contribution in [2.75, 3.05) is 25.3 Å². The van der Waals surface area contributed by atoms with E-state index in [9.17, 15) is 9.59 Å². The SMILES string of the molecule is COc1ccc(OC)c(NC(=O)c2c(N)c(C(=O)c3ccc(Br)cc3)n3ccccc23)c1. The number of ether oxygens (including phenoxy) is 2. The molecule has 162 valence electrons. The van der Waals surface area contributed by atoms with Crippen LogP contribution in [0.15, 0.2) is 71.3 Å². The molecule has 0 aliphatic heterocycles. The zero-order valence-corrected chi connectivity index (χ0v) is 19.0. The molecule has 3 N–H and O–H groups in total. The number of carbonyl (C=O) groups excluding carboxylic acids is 2. The minimum absolute atomic E-state index is 0.100. The molecule has 0 spiro atoms. The molecule has 2 aromatic carbocycles. The molecule has 32 heavy (non-hydrogen) atoms. The Morgan fingerprint density at radius 2 is 1.75 bits per heavy atom. The third kappa shape index (κ3) is 3.80. The van der Waals surface area contributed by atoms with Crippen LogP contribution in [-0.4, -0.2) is 30.3 Å². The lowest BCUT2D eigenvalue weighted by atomic mass is 10.1. The molecule has 4 aromatic rings. The maximum absolute atomic E-state index is 13.3. The predicted octanol–water partition coefficient (Wildman–Crippen LogP) is 4.78. The van der Waals surface area contributed by atoms with E-state index in [0.717, 1.165) is 4.47 Å². The Balaban J connectivity index is 1.81. The van der Waals surface area contributed by atoms with Crippen LogP contribution in [0.4, 0.5) is 11.4 Å². The topological polar surface area (TPSA) is 95.1 Å². The number of nitrogens with one attached hydrogen (secondary N) is 1. The van der Waals surface area contributed by atoms with Crippen molar-refractivity contribution in [3.05, 3.63) is 88.2 Å². The van der Waals surface area contributed by atoms with Gasteiger partial charge < -0.3 is 24.9 Å². The highest BCUT2D eigenvalue weighted by atomic mass is 79.9. The Bertz CT molecular complexity index is 1330.